The molecule has 0 saturated heterocycles. The Labute approximate surface area is 135 Å². The van der Waals surface area contributed by atoms with Gasteiger partial charge in [-0.15, -0.1) is 0 Å². The fourth-order valence-corrected chi connectivity index (χ4v) is 2.40. The van der Waals surface area contributed by atoms with Crippen LogP contribution in [-0.2, 0) is 0 Å². The molecule has 1 heterocycles. The van der Waals surface area contributed by atoms with Gasteiger partial charge in [-0.2, -0.15) is 0 Å². The van der Waals surface area contributed by atoms with Gasteiger partial charge in [0.2, 0.25) is 0 Å². The van der Waals surface area contributed by atoms with Gasteiger partial charge in [0.05, 0.1) is 5.69 Å². The summed E-state index contributed by atoms with van der Waals surface area (Å²) < 4.78 is 0. The van der Waals surface area contributed by atoms with E-state index in [1.54, 1.807) is 6.20 Å². The van der Waals surface area contributed by atoms with E-state index in [0.717, 1.165) is 28.3 Å². The third kappa shape index (κ3) is 3.43. The first-order valence-corrected chi connectivity index (χ1v) is 7.40. The molecule has 2 aromatic carbocycles. The van der Waals surface area contributed by atoms with Gasteiger partial charge in [-0.05, 0) is 43.7 Å². The van der Waals surface area contributed by atoms with E-state index in [1.807, 2.05) is 68.4 Å². The summed E-state index contributed by atoms with van der Waals surface area (Å²) in [6, 6.07) is 17.0. The zero-order valence-electron chi connectivity index (χ0n) is 13.1. The Bertz CT molecular complexity index is 858. The normalized spacial score (nSPS) is 10.3. The third-order valence-electron chi connectivity index (χ3n) is 3.58. The van der Waals surface area contributed by atoms with Crippen LogP contribution in [-0.4, -0.2) is 15.9 Å². The second kappa shape index (κ2) is 6.40. The molecule has 0 unspecified atom stereocenters. The van der Waals surface area contributed by atoms with Crippen LogP contribution in [0.25, 0.3) is 11.3 Å². The summed E-state index contributed by atoms with van der Waals surface area (Å²) in [7, 11) is 0. The van der Waals surface area contributed by atoms with Crippen LogP contribution in [0.1, 0.15) is 21.7 Å². The van der Waals surface area contributed by atoms with E-state index in [1.165, 1.54) is 0 Å². The van der Waals surface area contributed by atoms with Crippen LogP contribution in [0.3, 0.4) is 0 Å². The summed E-state index contributed by atoms with van der Waals surface area (Å²) in [5.41, 5.74) is 4.15. The van der Waals surface area contributed by atoms with Crippen molar-refractivity contribution < 1.29 is 4.79 Å². The predicted octanol–water partition coefficient (Wildman–Crippen LogP) is 4.01. The minimum atomic E-state index is -0.112. The van der Waals surface area contributed by atoms with E-state index in [-0.39, 0.29) is 5.91 Å². The second-order valence-corrected chi connectivity index (χ2v) is 5.34. The smallest absolute Gasteiger partial charge is 0.255 e. The van der Waals surface area contributed by atoms with Crippen molar-refractivity contribution >= 4 is 11.6 Å². The lowest BCUT2D eigenvalue weighted by Crippen LogP contribution is -2.13. The molecule has 4 nitrogen and oxygen atoms in total. The van der Waals surface area contributed by atoms with Crippen molar-refractivity contribution in [3.8, 4) is 11.3 Å². The van der Waals surface area contributed by atoms with Crippen LogP contribution in [0, 0.1) is 13.8 Å². The number of benzene rings is 2. The number of rotatable bonds is 3. The summed E-state index contributed by atoms with van der Waals surface area (Å²) >= 11 is 0. The zero-order valence-corrected chi connectivity index (χ0v) is 13.1. The maximum absolute atomic E-state index is 12.4. The maximum Gasteiger partial charge on any atom is 0.255 e. The van der Waals surface area contributed by atoms with Crippen LogP contribution in [0.2, 0.25) is 0 Å². The third-order valence-corrected chi connectivity index (χ3v) is 3.58. The lowest BCUT2D eigenvalue weighted by atomic mass is 10.1. The van der Waals surface area contributed by atoms with Crippen LogP contribution in [0.4, 0.5) is 5.69 Å². The van der Waals surface area contributed by atoms with Gasteiger partial charge >= 0.3 is 0 Å². The maximum atomic E-state index is 12.4. The van der Waals surface area contributed by atoms with Gasteiger partial charge in [-0.1, -0.05) is 30.3 Å². The van der Waals surface area contributed by atoms with Gasteiger partial charge in [0, 0.05) is 23.0 Å². The first-order chi connectivity index (χ1) is 11.1. The molecule has 0 radical (unpaired) electrons. The Kier molecular flexibility index (Phi) is 4.15. The summed E-state index contributed by atoms with van der Waals surface area (Å²) in [6.07, 6.45) is 1.73. The highest BCUT2D eigenvalue weighted by Gasteiger charge is 2.09. The Balaban J connectivity index is 1.86. The summed E-state index contributed by atoms with van der Waals surface area (Å²) in [6.45, 7) is 3.78. The van der Waals surface area contributed by atoms with E-state index in [9.17, 15) is 4.79 Å². The van der Waals surface area contributed by atoms with Crippen molar-refractivity contribution in [1.29, 1.82) is 0 Å². The van der Waals surface area contributed by atoms with Gasteiger partial charge in [0.1, 0.15) is 5.82 Å². The molecule has 1 aromatic heterocycles. The molecule has 3 rings (SSSR count). The number of anilines is 1. The highest BCUT2D eigenvalue weighted by atomic mass is 16.1. The lowest BCUT2D eigenvalue weighted by Gasteiger charge is -2.09. The SMILES string of the molecule is Cc1nccc(-c2cccc(NC(=O)c3ccccc3C)c2)n1. The minimum absolute atomic E-state index is 0.112. The number of carbonyl (C=O) groups excluding carboxylic acids is 1. The molecule has 1 amide bonds. The topological polar surface area (TPSA) is 54.9 Å². The van der Waals surface area contributed by atoms with Gasteiger partial charge < -0.3 is 5.32 Å². The molecule has 0 bridgehead atoms. The number of nitrogens with zero attached hydrogens (tertiary/aromatic N) is 2. The number of nitrogens with one attached hydrogen (secondary N) is 1. The fourth-order valence-electron chi connectivity index (χ4n) is 2.40. The second-order valence-electron chi connectivity index (χ2n) is 5.34. The van der Waals surface area contributed by atoms with Gasteiger partial charge in [-0.3, -0.25) is 4.79 Å². The molecule has 3 aromatic rings. The summed E-state index contributed by atoms with van der Waals surface area (Å²) in [5, 5.41) is 2.94. The number of aryl methyl sites for hydroxylation is 2. The Morgan fingerprint density at radius 1 is 1.00 bits per heavy atom. The zero-order chi connectivity index (χ0) is 16.2. The fraction of sp³-hybridized carbons (Fsp3) is 0.105. The Morgan fingerprint density at radius 2 is 1.83 bits per heavy atom. The number of hydrogen-bond donors (Lipinski definition) is 1. The van der Waals surface area contributed by atoms with Crippen molar-refractivity contribution in [3.05, 3.63) is 77.7 Å². The first-order valence-electron chi connectivity index (χ1n) is 7.40. The summed E-state index contributed by atoms with van der Waals surface area (Å²) in [5.74, 6) is 0.607. The number of hydrogen-bond acceptors (Lipinski definition) is 3. The van der Waals surface area contributed by atoms with Crippen LogP contribution in [0.15, 0.2) is 60.8 Å². The average molecular weight is 303 g/mol. The molecule has 0 spiro atoms. The molecule has 0 atom stereocenters. The molecule has 0 aliphatic carbocycles. The van der Waals surface area contributed by atoms with E-state index < -0.39 is 0 Å². The highest BCUT2D eigenvalue weighted by molar-refractivity contribution is 6.05. The molecule has 0 aliphatic rings. The monoisotopic (exact) mass is 303 g/mol. The van der Waals surface area contributed by atoms with Crippen LogP contribution < -0.4 is 5.32 Å². The molecular formula is C19H17N3O. The van der Waals surface area contributed by atoms with E-state index >= 15 is 0 Å². The van der Waals surface area contributed by atoms with Crippen molar-refractivity contribution in [2.45, 2.75) is 13.8 Å². The Morgan fingerprint density at radius 3 is 2.61 bits per heavy atom. The number of aromatic nitrogens is 2. The van der Waals surface area contributed by atoms with Crippen LogP contribution in [0.5, 0.6) is 0 Å². The standard InChI is InChI=1S/C19H17N3O/c1-13-6-3-4-9-17(13)19(23)22-16-8-5-7-15(12-16)18-10-11-20-14(2)21-18/h3-12H,1-2H3,(H,22,23). The number of carbonyl (C=O) groups is 1. The predicted molar refractivity (Wildman–Crippen MR) is 91.3 cm³/mol. The van der Waals surface area contributed by atoms with Gasteiger partial charge in [-0.25, -0.2) is 9.97 Å². The minimum Gasteiger partial charge on any atom is -0.322 e. The molecular weight excluding hydrogens is 286 g/mol. The molecule has 1 N–H and O–H groups in total. The Hall–Kier alpha value is -3.01. The molecule has 0 aliphatic heterocycles. The molecule has 0 saturated carbocycles. The van der Waals surface area contributed by atoms with Crippen molar-refractivity contribution in [2.75, 3.05) is 5.32 Å². The molecule has 4 heteroatoms. The molecule has 23 heavy (non-hydrogen) atoms. The van der Waals surface area contributed by atoms with Crippen molar-refractivity contribution in [1.82, 2.24) is 9.97 Å². The van der Waals surface area contributed by atoms with Gasteiger partial charge in [0.15, 0.2) is 0 Å². The van der Waals surface area contributed by atoms with Gasteiger partial charge in [0.25, 0.3) is 5.91 Å². The number of amides is 1. The van der Waals surface area contributed by atoms with Crippen molar-refractivity contribution in [2.24, 2.45) is 0 Å². The van der Waals surface area contributed by atoms with E-state index in [4.69, 9.17) is 0 Å². The van der Waals surface area contributed by atoms with Crippen molar-refractivity contribution in [3.63, 3.8) is 0 Å². The largest absolute Gasteiger partial charge is 0.322 e. The van der Waals surface area contributed by atoms with E-state index in [2.05, 4.69) is 15.3 Å². The molecule has 114 valence electrons. The lowest BCUT2D eigenvalue weighted by molar-refractivity contribution is 0.102. The van der Waals surface area contributed by atoms with E-state index in [0.29, 0.717) is 5.56 Å². The average Bonchev–Trinajstić information content (AvgIpc) is 2.55. The van der Waals surface area contributed by atoms with Crippen LogP contribution >= 0.6 is 0 Å². The summed E-state index contributed by atoms with van der Waals surface area (Å²) in [4.78, 5) is 20.9. The highest BCUT2D eigenvalue weighted by Crippen LogP contribution is 2.21. The molecule has 0 fully saturated rings. The quantitative estimate of drug-likeness (QED) is 0.795. The first kappa shape index (κ1) is 14.9.